The minimum atomic E-state index is -1.93. The number of carbonyl (C=O) groups is 1. The van der Waals surface area contributed by atoms with Crippen LogP contribution in [0, 0.1) is 0 Å². The van der Waals surface area contributed by atoms with Crippen molar-refractivity contribution in [2.24, 2.45) is 0 Å². The molecular formula is C20H19Cl2NO4. The Balaban J connectivity index is 1.86. The zero-order valence-corrected chi connectivity index (χ0v) is 16.3. The van der Waals surface area contributed by atoms with Crippen molar-refractivity contribution in [2.75, 3.05) is 18.2 Å². The van der Waals surface area contributed by atoms with Gasteiger partial charge in [0.25, 0.3) is 5.91 Å². The van der Waals surface area contributed by atoms with Crippen LogP contribution in [-0.4, -0.2) is 24.4 Å². The molecule has 0 fully saturated rings. The second-order valence-corrected chi connectivity index (χ2v) is 7.51. The molecule has 2 aliphatic heterocycles. The Kier molecular flexibility index (Phi) is 4.70. The minimum Gasteiger partial charge on any atom is -0.454 e. The summed E-state index contributed by atoms with van der Waals surface area (Å²) in [6.07, 6.45) is 2.80. The van der Waals surface area contributed by atoms with Crippen LogP contribution in [0.15, 0.2) is 30.3 Å². The first-order chi connectivity index (χ1) is 13.0. The minimum absolute atomic E-state index is 0.109. The monoisotopic (exact) mass is 407 g/mol. The molecule has 27 heavy (non-hydrogen) atoms. The number of fused-ring (bicyclic) bond motifs is 2. The van der Waals surface area contributed by atoms with E-state index in [-0.39, 0.29) is 6.79 Å². The summed E-state index contributed by atoms with van der Waals surface area (Å²) in [5.74, 6) is 0.602. The molecule has 2 aromatic rings. The van der Waals surface area contributed by atoms with Gasteiger partial charge in [0, 0.05) is 22.7 Å². The van der Waals surface area contributed by atoms with Crippen LogP contribution in [0.5, 0.6) is 11.5 Å². The maximum absolute atomic E-state index is 13.4. The van der Waals surface area contributed by atoms with Crippen molar-refractivity contribution in [3.05, 3.63) is 51.5 Å². The maximum atomic E-state index is 13.4. The third-order valence-electron chi connectivity index (χ3n) is 5.04. The normalized spacial score (nSPS) is 20.3. The number of ether oxygens (including phenoxy) is 2. The van der Waals surface area contributed by atoms with Crippen LogP contribution in [0.3, 0.4) is 0 Å². The number of aliphatic hydroxyl groups is 1. The van der Waals surface area contributed by atoms with E-state index in [9.17, 15) is 9.90 Å². The molecule has 0 aromatic heterocycles. The van der Waals surface area contributed by atoms with E-state index in [1.54, 1.807) is 35.2 Å². The Hall–Kier alpha value is -1.95. The first-order valence-electron chi connectivity index (χ1n) is 8.91. The quantitative estimate of drug-likeness (QED) is 0.741. The van der Waals surface area contributed by atoms with Gasteiger partial charge in [-0.1, -0.05) is 49.0 Å². The zero-order valence-electron chi connectivity index (χ0n) is 14.8. The molecule has 2 heterocycles. The first kappa shape index (κ1) is 18.4. The standard InChI is InChI=1S/C20H19Cl2NO4/c1-2-3-4-9-23-18-14(22)7-6-13(21)17(18)20(25,19(23)24)12-5-8-15-16(10-12)27-11-26-15/h5-8,10,25H,2-4,9,11H2,1H3. The van der Waals surface area contributed by atoms with Crippen molar-refractivity contribution >= 4 is 34.8 Å². The number of hydrogen-bond donors (Lipinski definition) is 1. The highest BCUT2D eigenvalue weighted by Crippen LogP contribution is 2.52. The van der Waals surface area contributed by atoms with Crippen LogP contribution in [-0.2, 0) is 10.4 Å². The number of anilines is 1. The lowest BCUT2D eigenvalue weighted by Crippen LogP contribution is -2.41. The molecule has 1 unspecified atom stereocenters. The summed E-state index contributed by atoms with van der Waals surface area (Å²) in [6.45, 7) is 2.66. The smallest absolute Gasteiger partial charge is 0.268 e. The number of unbranched alkanes of at least 4 members (excludes halogenated alkanes) is 2. The van der Waals surface area contributed by atoms with Crippen molar-refractivity contribution < 1.29 is 19.4 Å². The fourth-order valence-corrected chi connectivity index (χ4v) is 4.22. The van der Waals surface area contributed by atoms with Crippen LogP contribution in [0.25, 0.3) is 0 Å². The Bertz CT molecular complexity index is 917. The van der Waals surface area contributed by atoms with Gasteiger partial charge in [0.15, 0.2) is 17.1 Å². The summed E-state index contributed by atoms with van der Waals surface area (Å²) in [6, 6.07) is 8.21. The van der Waals surface area contributed by atoms with E-state index in [2.05, 4.69) is 6.92 Å². The molecule has 142 valence electrons. The van der Waals surface area contributed by atoms with E-state index in [0.29, 0.717) is 44.9 Å². The average Bonchev–Trinajstić information content (AvgIpc) is 3.22. The molecule has 4 rings (SSSR count). The SMILES string of the molecule is CCCCCN1C(=O)C(O)(c2ccc3c(c2)OCO3)c2c(Cl)ccc(Cl)c21. The lowest BCUT2D eigenvalue weighted by atomic mass is 9.87. The van der Waals surface area contributed by atoms with E-state index < -0.39 is 11.5 Å². The fraction of sp³-hybridized carbons (Fsp3) is 0.350. The lowest BCUT2D eigenvalue weighted by Gasteiger charge is -2.24. The van der Waals surface area contributed by atoms with Crippen LogP contribution < -0.4 is 14.4 Å². The van der Waals surface area contributed by atoms with Gasteiger partial charge in [-0.15, -0.1) is 0 Å². The summed E-state index contributed by atoms with van der Waals surface area (Å²) in [7, 11) is 0. The van der Waals surface area contributed by atoms with E-state index in [4.69, 9.17) is 32.7 Å². The van der Waals surface area contributed by atoms with Gasteiger partial charge < -0.3 is 19.5 Å². The molecule has 0 radical (unpaired) electrons. The highest BCUT2D eigenvalue weighted by molar-refractivity contribution is 6.38. The molecule has 0 spiro atoms. The number of benzene rings is 2. The molecule has 7 heteroatoms. The van der Waals surface area contributed by atoms with E-state index in [1.165, 1.54) is 0 Å². The molecule has 1 atom stereocenters. The predicted molar refractivity (Wildman–Crippen MR) is 104 cm³/mol. The third-order valence-corrected chi connectivity index (χ3v) is 5.66. The summed E-state index contributed by atoms with van der Waals surface area (Å²) in [5, 5.41) is 12.3. The van der Waals surface area contributed by atoms with E-state index in [0.717, 1.165) is 19.3 Å². The predicted octanol–water partition coefficient (Wildman–Crippen LogP) is 4.49. The van der Waals surface area contributed by atoms with Gasteiger partial charge in [-0.25, -0.2) is 0 Å². The Morgan fingerprint density at radius 2 is 1.85 bits per heavy atom. The van der Waals surface area contributed by atoms with Gasteiger partial charge in [-0.3, -0.25) is 4.79 Å². The third kappa shape index (κ3) is 2.76. The number of hydrogen-bond acceptors (Lipinski definition) is 4. The van der Waals surface area contributed by atoms with E-state index >= 15 is 0 Å². The summed E-state index contributed by atoms with van der Waals surface area (Å²) >= 11 is 12.8. The molecular weight excluding hydrogens is 389 g/mol. The summed E-state index contributed by atoms with van der Waals surface area (Å²) < 4.78 is 10.7. The molecule has 1 amide bonds. The molecule has 0 saturated carbocycles. The summed E-state index contributed by atoms with van der Waals surface area (Å²) in [5.41, 5.74) is -0.757. The molecule has 0 saturated heterocycles. The highest BCUT2D eigenvalue weighted by Gasteiger charge is 2.53. The van der Waals surface area contributed by atoms with Gasteiger partial charge in [-0.05, 0) is 30.7 Å². The molecule has 2 aliphatic rings. The van der Waals surface area contributed by atoms with Crippen molar-refractivity contribution in [3.63, 3.8) is 0 Å². The number of nitrogens with zero attached hydrogens (tertiary/aromatic N) is 1. The number of rotatable bonds is 5. The highest BCUT2D eigenvalue weighted by atomic mass is 35.5. The number of carbonyl (C=O) groups excluding carboxylic acids is 1. The number of halogens is 2. The van der Waals surface area contributed by atoms with Gasteiger partial charge >= 0.3 is 0 Å². The van der Waals surface area contributed by atoms with Crippen molar-refractivity contribution in [3.8, 4) is 11.5 Å². The number of amides is 1. The van der Waals surface area contributed by atoms with Crippen molar-refractivity contribution in [1.29, 1.82) is 0 Å². The second-order valence-electron chi connectivity index (χ2n) is 6.70. The second kappa shape index (κ2) is 6.89. The van der Waals surface area contributed by atoms with Crippen molar-refractivity contribution in [2.45, 2.75) is 31.8 Å². The summed E-state index contributed by atoms with van der Waals surface area (Å²) in [4.78, 5) is 14.9. The molecule has 5 nitrogen and oxygen atoms in total. The topological polar surface area (TPSA) is 59.0 Å². The van der Waals surface area contributed by atoms with Gasteiger partial charge in [0.05, 0.1) is 10.7 Å². The molecule has 1 N–H and O–H groups in total. The van der Waals surface area contributed by atoms with Gasteiger partial charge in [-0.2, -0.15) is 0 Å². The van der Waals surface area contributed by atoms with E-state index in [1.807, 2.05) is 0 Å². The Labute approximate surface area is 167 Å². The Morgan fingerprint density at radius 3 is 2.63 bits per heavy atom. The fourth-order valence-electron chi connectivity index (χ4n) is 3.68. The van der Waals surface area contributed by atoms with Gasteiger partial charge in [0.2, 0.25) is 6.79 Å². The van der Waals surface area contributed by atoms with Gasteiger partial charge in [0.1, 0.15) is 0 Å². The van der Waals surface area contributed by atoms with Crippen LogP contribution >= 0.6 is 23.2 Å². The lowest BCUT2D eigenvalue weighted by molar-refractivity contribution is -0.132. The van der Waals surface area contributed by atoms with Crippen LogP contribution in [0.1, 0.15) is 37.3 Å². The molecule has 0 aliphatic carbocycles. The Morgan fingerprint density at radius 1 is 1.11 bits per heavy atom. The van der Waals surface area contributed by atoms with Crippen LogP contribution in [0.2, 0.25) is 10.0 Å². The maximum Gasteiger partial charge on any atom is 0.268 e. The molecule has 2 aromatic carbocycles. The average molecular weight is 408 g/mol. The van der Waals surface area contributed by atoms with Crippen LogP contribution in [0.4, 0.5) is 5.69 Å². The zero-order chi connectivity index (χ0) is 19.2. The molecule has 0 bridgehead atoms. The van der Waals surface area contributed by atoms with Crippen molar-refractivity contribution in [1.82, 2.24) is 0 Å². The largest absolute Gasteiger partial charge is 0.454 e. The first-order valence-corrected chi connectivity index (χ1v) is 9.67.